The van der Waals surface area contributed by atoms with Crippen molar-refractivity contribution in [3.63, 3.8) is 0 Å². The van der Waals surface area contributed by atoms with E-state index in [1.54, 1.807) is 14.2 Å². The number of hydrogen-bond donors (Lipinski definition) is 1. The van der Waals surface area contributed by atoms with Crippen molar-refractivity contribution >= 4 is 11.8 Å². The average Bonchev–Trinajstić information content (AvgIpc) is 3.11. The molecule has 0 saturated heterocycles. The first kappa shape index (κ1) is 21.5. The van der Waals surface area contributed by atoms with E-state index in [0.29, 0.717) is 47.1 Å². The molecule has 0 aliphatic heterocycles. The Morgan fingerprint density at radius 3 is 2.42 bits per heavy atom. The van der Waals surface area contributed by atoms with Gasteiger partial charge >= 0.3 is 5.97 Å². The lowest BCUT2D eigenvalue weighted by Gasteiger charge is -2.25. The molecule has 1 heterocycles. The molecule has 0 amide bonds. The number of aromatic amines is 1. The summed E-state index contributed by atoms with van der Waals surface area (Å²) in [5, 5.41) is 0. The topological polar surface area (TPSA) is 77.6 Å². The number of aromatic nitrogens is 1. The van der Waals surface area contributed by atoms with Crippen molar-refractivity contribution in [1.82, 2.24) is 4.98 Å². The first-order chi connectivity index (χ1) is 14.9. The summed E-state index contributed by atoms with van der Waals surface area (Å²) in [6.07, 6.45) is 5.02. The highest BCUT2D eigenvalue weighted by atomic mass is 16.5. The lowest BCUT2D eigenvalue weighted by molar-refractivity contribution is 0.0167. The third-order valence-electron chi connectivity index (χ3n) is 6.81. The first-order valence-electron chi connectivity index (χ1n) is 11.1. The monoisotopic (exact) mass is 425 g/mol. The van der Waals surface area contributed by atoms with Gasteiger partial charge in [0, 0.05) is 17.7 Å². The van der Waals surface area contributed by atoms with Crippen molar-refractivity contribution < 1.29 is 23.8 Å². The van der Waals surface area contributed by atoms with Crippen LogP contribution >= 0.6 is 0 Å². The molecule has 1 aromatic carbocycles. The van der Waals surface area contributed by atoms with Gasteiger partial charge in [-0.25, -0.2) is 4.79 Å². The molecule has 6 nitrogen and oxygen atoms in total. The van der Waals surface area contributed by atoms with Crippen LogP contribution in [0.15, 0.2) is 18.2 Å². The predicted molar refractivity (Wildman–Crippen MR) is 117 cm³/mol. The Hall–Kier alpha value is -2.76. The van der Waals surface area contributed by atoms with Crippen molar-refractivity contribution in [3.8, 4) is 11.5 Å². The fourth-order valence-corrected chi connectivity index (χ4v) is 4.94. The molecule has 1 saturated carbocycles. The number of H-pyrrole nitrogens is 1. The van der Waals surface area contributed by atoms with Gasteiger partial charge in [0.2, 0.25) is 0 Å². The summed E-state index contributed by atoms with van der Waals surface area (Å²) in [6.45, 7) is 4.07. The molecule has 0 unspecified atom stereocenters. The number of esters is 1. The number of benzene rings is 1. The number of carbonyl (C=O) groups excluding carboxylic acids is 2. The van der Waals surface area contributed by atoms with Crippen LogP contribution in [0.3, 0.4) is 0 Å². The smallest absolute Gasteiger partial charge is 0.355 e. The molecule has 1 N–H and O–H groups in total. The summed E-state index contributed by atoms with van der Waals surface area (Å²) in [6, 6.07) is 5.76. The summed E-state index contributed by atoms with van der Waals surface area (Å²) in [5.41, 5.74) is 3.62. The van der Waals surface area contributed by atoms with Crippen LogP contribution in [0.25, 0.3) is 0 Å². The van der Waals surface area contributed by atoms with Gasteiger partial charge in [-0.1, -0.05) is 13.0 Å². The van der Waals surface area contributed by atoms with Gasteiger partial charge in [0.05, 0.1) is 14.2 Å². The second kappa shape index (κ2) is 8.77. The SMILES string of the molecule is COc1ccc([C@@H]2CC(=O)c3c([nH]c(C(=O)OC4CCC(C)CC4)c3C)C2)cc1OC. The quantitative estimate of drug-likeness (QED) is 0.683. The molecule has 4 rings (SSSR count). The van der Waals surface area contributed by atoms with Crippen LogP contribution in [0.5, 0.6) is 11.5 Å². The highest BCUT2D eigenvalue weighted by molar-refractivity contribution is 6.03. The van der Waals surface area contributed by atoms with E-state index in [0.717, 1.165) is 36.9 Å². The number of hydrogen-bond acceptors (Lipinski definition) is 5. The second-order valence-corrected chi connectivity index (χ2v) is 8.91. The average molecular weight is 426 g/mol. The minimum Gasteiger partial charge on any atom is -0.493 e. The van der Waals surface area contributed by atoms with E-state index >= 15 is 0 Å². The summed E-state index contributed by atoms with van der Waals surface area (Å²) in [5.74, 6) is 1.73. The zero-order chi connectivity index (χ0) is 22.1. The molecule has 2 aliphatic rings. The van der Waals surface area contributed by atoms with Crippen molar-refractivity contribution in [2.75, 3.05) is 14.2 Å². The summed E-state index contributed by atoms with van der Waals surface area (Å²) < 4.78 is 16.5. The molecule has 1 atom stereocenters. The van der Waals surface area contributed by atoms with Gasteiger partial charge in [-0.2, -0.15) is 0 Å². The minimum atomic E-state index is -0.345. The van der Waals surface area contributed by atoms with Crippen LogP contribution in [0, 0.1) is 12.8 Å². The van der Waals surface area contributed by atoms with Gasteiger partial charge in [0.15, 0.2) is 17.3 Å². The van der Waals surface area contributed by atoms with Gasteiger partial charge in [0.1, 0.15) is 11.8 Å². The number of methoxy groups -OCH3 is 2. The Labute approximate surface area is 183 Å². The molecule has 0 bridgehead atoms. The van der Waals surface area contributed by atoms with Gasteiger partial charge < -0.3 is 19.2 Å². The number of fused-ring (bicyclic) bond motifs is 1. The lowest BCUT2D eigenvalue weighted by Crippen LogP contribution is -2.24. The molecule has 2 aromatic rings. The number of ketones is 1. The number of nitrogens with one attached hydrogen (secondary N) is 1. The number of carbonyl (C=O) groups is 2. The summed E-state index contributed by atoms with van der Waals surface area (Å²) in [7, 11) is 3.20. The van der Waals surface area contributed by atoms with E-state index < -0.39 is 0 Å². The van der Waals surface area contributed by atoms with E-state index in [-0.39, 0.29) is 23.8 Å². The molecule has 0 radical (unpaired) electrons. The molecule has 6 heteroatoms. The second-order valence-electron chi connectivity index (χ2n) is 8.91. The molecule has 1 fully saturated rings. The molecular weight excluding hydrogens is 394 g/mol. The van der Waals surface area contributed by atoms with Crippen LogP contribution in [-0.2, 0) is 11.2 Å². The molecule has 1 aromatic heterocycles. The molecular formula is C25H31NO5. The maximum atomic E-state index is 13.0. The van der Waals surface area contributed by atoms with Gasteiger partial charge in [-0.05, 0) is 74.1 Å². The maximum Gasteiger partial charge on any atom is 0.355 e. The van der Waals surface area contributed by atoms with Gasteiger partial charge in [-0.15, -0.1) is 0 Å². The normalized spacial score (nSPS) is 23.2. The Bertz CT molecular complexity index is 984. The minimum absolute atomic E-state index is 0.0153. The maximum absolute atomic E-state index is 13.0. The predicted octanol–water partition coefficient (Wildman–Crippen LogP) is 4.99. The lowest BCUT2D eigenvalue weighted by atomic mass is 9.81. The molecule has 0 spiro atoms. The van der Waals surface area contributed by atoms with E-state index in [1.165, 1.54) is 0 Å². The fourth-order valence-electron chi connectivity index (χ4n) is 4.94. The van der Waals surface area contributed by atoms with Crippen LogP contribution in [0.2, 0.25) is 0 Å². The molecule has 31 heavy (non-hydrogen) atoms. The highest BCUT2D eigenvalue weighted by Crippen LogP contribution is 2.38. The van der Waals surface area contributed by atoms with Crippen LogP contribution in [-0.4, -0.2) is 37.1 Å². The van der Waals surface area contributed by atoms with Gasteiger partial charge in [0.25, 0.3) is 0 Å². The van der Waals surface area contributed by atoms with Crippen LogP contribution in [0.1, 0.15) is 82.6 Å². The number of rotatable bonds is 5. The van der Waals surface area contributed by atoms with Crippen molar-refractivity contribution in [1.29, 1.82) is 0 Å². The van der Waals surface area contributed by atoms with Crippen molar-refractivity contribution in [2.45, 2.75) is 64.4 Å². The van der Waals surface area contributed by atoms with Crippen molar-refractivity contribution in [2.24, 2.45) is 5.92 Å². The largest absolute Gasteiger partial charge is 0.493 e. The van der Waals surface area contributed by atoms with Crippen molar-refractivity contribution in [3.05, 3.63) is 46.3 Å². The summed E-state index contributed by atoms with van der Waals surface area (Å²) in [4.78, 5) is 29.1. The van der Waals surface area contributed by atoms with Crippen LogP contribution in [0.4, 0.5) is 0 Å². The highest BCUT2D eigenvalue weighted by Gasteiger charge is 2.33. The van der Waals surface area contributed by atoms with Crippen LogP contribution < -0.4 is 9.47 Å². The zero-order valence-corrected chi connectivity index (χ0v) is 18.7. The Kier molecular flexibility index (Phi) is 6.08. The third kappa shape index (κ3) is 4.21. The first-order valence-corrected chi connectivity index (χ1v) is 11.1. The van der Waals surface area contributed by atoms with Gasteiger partial charge in [-0.3, -0.25) is 4.79 Å². The standard InChI is InChI=1S/C25H31NO5/c1-14-5-8-18(9-6-14)31-25(28)24-15(2)23-19(26-24)11-17(12-20(23)27)16-7-10-21(29-3)22(13-16)30-4/h7,10,13-14,17-18,26H,5-6,8-9,11-12H2,1-4H3/t14?,17-,18?/m0/s1. The van der Waals surface area contributed by atoms with E-state index in [1.807, 2.05) is 25.1 Å². The Morgan fingerprint density at radius 1 is 1.03 bits per heavy atom. The third-order valence-corrected chi connectivity index (χ3v) is 6.81. The zero-order valence-electron chi connectivity index (χ0n) is 18.7. The van der Waals surface area contributed by atoms with E-state index in [4.69, 9.17) is 14.2 Å². The van der Waals surface area contributed by atoms with E-state index in [2.05, 4.69) is 11.9 Å². The Balaban J connectivity index is 1.54. The number of Topliss-reactive ketones (excluding diaryl/α,β-unsaturated/α-hetero) is 1. The summed E-state index contributed by atoms with van der Waals surface area (Å²) >= 11 is 0. The molecule has 2 aliphatic carbocycles. The molecule has 166 valence electrons. The number of ether oxygens (including phenoxy) is 3. The van der Waals surface area contributed by atoms with E-state index in [9.17, 15) is 9.59 Å². The fraction of sp³-hybridized carbons (Fsp3) is 0.520. The Morgan fingerprint density at radius 2 is 1.74 bits per heavy atom.